The molecule has 1 heterocycles. The van der Waals surface area contributed by atoms with Crippen LogP contribution in [0.1, 0.15) is 32.3 Å². The molecule has 100 valence electrons. The molecule has 2 heteroatoms. The number of aromatic nitrogens is 1. The highest BCUT2D eigenvalue weighted by atomic mass is 14.9. The molecule has 0 aliphatic heterocycles. The normalized spacial score (nSPS) is 17.0. The Morgan fingerprint density at radius 1 is 1.21 bits per heavy atom. The van der Waals surface area contributed by atoms with E-state index in [-0.39, 0.29) is 0 Å². The summed E-state index contributed by atoms with van der Waals surface area (Å²) in [6.45, 7) is 6.74. The number of nitrogens with zero attached hydrogens (tertiary/aromatic N) is 1. The molecule has 0 saturated heterocycles. The highest BCUT2D eigenvalue weighted by molar-refractivity contribution is 5.84. The Morgan fingerprint density at radius 2 is 2.00 bits per heavy atom. The minimum Gasteiger partial charge on any atom is -0.312 e. The molecular formula is C17H22N2. The van der Waals surface area contributed by atoms with Gasteiger partial charge in [0.1, 0.15) is 0 Å². The summed E-state index contributed by atoms with van der Waals surface area (Å²) >= 11 is 0. The first-order valence-electron chi connectivity index (χ1n) is 7.24. The predicted molar refractivity (Wildman–Crippen MR) is 80.0 cm³/mol. The lowest BCUT2D eigenvalue weighted by Gasteiger charge is -2.20. The first kappa shape index (κ1) is 12.6. The van der Waals surface area contributed by atoms with Crippen molar-refractivity contribution in [1.82, 2.24) is 10.3 Å². The fourth-order valence-electron chi connectivity index (χ4n) is 2.88. The van der Waals surface area contributed by atoms with Crippen molar-refractivity contribution >= 4 is 10.8 Å². The molecule has 0 unspecified atom stereocenters. The van der Waals surface area contributed by atoms with E-state index in [1.54, 1.807) is 0 Å². The molecule has 19 heavy (non-hydrogen) atoms. The van der Waals surface area contributed by atoms with Gasteiger partial charge in [-0.05, 0) is 35.1 Å². The predicted octanol–water partition coefficient (Wildman–Crippen LogP) is 3.76. The van der Waals surface area contributed by atoms with Crippen LogP contribution in [0.4, 0.5) is 0 Å². The molecular weight excluding hydrogens is 232 g/mol. The topological polar surface area (TPSA) is 24.9 Å². The second kappa shape index (κ2) is 4.93. The van der Waals surface area contributed by atoms with Crippen molar-refractivity contribution in [2.45, 2.75) is 33.2 Å². The van der Waals surface area contributed by atoms with Gasteiger partial charge in [0.25, 0.3) is 0 Å². The second-order valence-electron chi connectivity index (χ2n) is 6.14. The molecule has 0 spiro atoms. The second-order valence-corrected chi connectivity index (χ2v) is 6.14. The van der Waals surface area contributed by atoms with Crippen LogP contribution in [0.2, 0.25) is 0 Å². The summed E-state index contributed by atoms with van der Waals surface area (Å²) in [6, 6.07) is 8.48. The zero-order valence-electron chi connectivity index (χ0n) is 11.8. The maximum atomic E-state index is 4.34. The number of benzene rings is 1. The van der Waals surface area contributed by atoms with Gasteiger partial charge < -0.3 is 5.32 Å². The minimum absolute atomic E-state index is 0.567. The van der Waals surface area contributed by atoms with Gasteiger partial charge in [-0.25, -0.2) is 0 Å². The van der Waals surface area contributed by atoms with Crippen LogP contribution in [0.25, 0.3) is 10.8 Å². The van der Waals surface area contributed by atoms with Crippen LogP contribution in [0.5, 0.6) is 0 Å². The smallest absolute Gasteiger partial charge is 0.0346 e. The van der Waals surface area contributed by atoms with Crippen molar-refractivity contribution in [1.29, 1.82) is 0 Å². The lowest BCUT2D eigenvalue weighted by atomic mass is 9.92. The molecule has 1 fully saturated rings. The monoisotopic (exact) mass is 254 g/mol. The summed E-state index contributed by atoms with van der Waals surface area (Å²) in [7, 11) is 0. The van der Waals surface area contributed by atoms with E-state index >= 15 is 0 Å². The molecule has 1 aromatic heterocycles. The Bertz CT molecular complexity index is 565. The van der Waals surface area contributed by atoms with Gasteiger partial charge in [0, 0.05) is 30.9 Å². The number of fused-ring (bicyclic) bond motifs is 1. The van der Waals surface area contributed by atoms with Crippen molar-refractivity contribution in [3.63, 3.8) is 0 Å². The van der Waals surface area contributed by atoms with E-state index in [4.69, 9.17) is 0 Å². The Labute approximate surface area is 115 Å². The zero-order valence-corrected chi connectivity index (χ0v) is 11.8. The van der Waals surface area contributed by atoms with Crippen LogP contribution in [0, 0.1) is 11.3 Å². The van der Waals surface area contributed by atoms with E-state index in [1.807, 2.05) is 12.4 Å². The minimum atomic E-state index is 0.567. The Hall–Kier alpha value is -1.41. The Morgan fingerprint density at radius 3 is 2.74 bits per heavy atom. The van der Waals surface area contributed by atoms with Gasteiger partial charge in [-0.2, -0.15) is 0 Å². The van der Waals surface area contributed by atoms with Crippen LogP contribution < -0.4 is 5.32 Å². The van der Waals surface area contributed by atoms with Crippen molar-refractivity contribution in [3.05, 3.63) is 42.2 Å². The molecule has 2 aromatic rings. The number of rotatable bonds is 5. The molecule has 1 aliphatic rings. The third-order valence-electron chi connectivity index (χ3n) is 4.66. The standard InChI is InChI=1S/C17H22N2/c1-13(2)17(7-8-17)12-19-11-15-10-18-9-14-5-3-4-6-16(14)15/h3-6,9-10,13,19H,7-8,11-12H2,1-2H3. The maximum absolute atomic E-state index is 4.34. The van der Waals surface area contributed by atoms with E-state index in [9.17, 15) is 0 Å². The van der Waals surface area contributed by atoms with Crippen molar-refractivity contribution < 1.29 is 0 Å². The Kier molecular flexibility index (Phi) is 3.28. The quantitative estimate of drug-likeness (QED) is 0.878. The molecule has 1 aliphatic carbocycles. The van der Waals surface area contributed by atoms with Crippen LogP contribution in [-0.4, -0.2) is 11.5 Å². The zero-order chi connectivity index (χ0) is 13.3. The highest BCUT2D eigenvalue weighted by Gasteiger charge is 2.44. The molecule has 0 bridgehead atoms. The molecule has 2 nitrogen and oxygen atoms in total. The average Bonchev–Trinajstić information content (AvgIpc) is 3.20. The van der Waals surface area contributed by atoms with Crippen LogP contribution in [-0.2, 0) is 6.54 Å². The SMILES string of the molecule is CC(C)C1(CNCc2cncc3ccccc23)CC1. The maximum Gasteiger partial charge on any atom is 0.0346 e. The summed E-state index contributed by atoms with van der Waals surface area (Å²) in [5.41, 5.74) is 1.87. The third-order valence-corrected chi connectivity index (χ3v) is 4.66. The van der Waals surface area contributed by atoms with Gasteiger partial charge in [-0.3, -0.25) is 4.98 Å². The third kappa shape index (κ3) is 2.50. The van der Waals surface area contributed by atoms with Crippen molar-refractivity contribution in [2.24, 2.45) is 11.3 Å². The Balaban J connectivity index is 1.69. The molecule has 1 saturated carbocycles. The van der Waals surface area contributed by atoms with E-state index in [1.165, 1.54) is 29.2 Å². The fourth-order valence-corrected chi connectivity index (χ4v) is 2.88. The molecule has 1 N–H and O–H groups in total. The van der Waals surface area contributed by atoms with Gasteiger partial charge in [0.05, 0.1) is 0 Å². The molecule has 3 rings (SSSR count). The fraction of sp³-hybridized carbons (Fsp3) is 0.471. The number of hydrogen-bond donors (Lipinski definition) is 1. The lowest BCUT2D eigenvalue weighted by molar-refractivity contribution is 0.338. The van der Waals surface area contributed by atoms with Gasteiger partial charge >= 0.3 is 0 Å². The molecule has 0 radical (unpaired) electrons. The molecule has 0 atom stereocenters. The van der Waals surface area contributed by atoms with E-state index in [2.05, 4.69) is 48.4 Å². The van der Waals surface area contributed by atoms with Gasteiger partial charge in [-0.1, -0.05) is 38.1 Å². The first-order chi connectivity index (χ1) is 9.21. The lowest BCUT2D eigenvalue weighted by Crippen LogP contribution is -2.27. The molecule has 0 amide bonds. The van der Waals surface area contributed by atoms with Crippen molar-refractivity contribution in [2.75, 3.05) is 6.54 Å². The molecule has 1 aromatic carbocycles. The van der Waals surface area contributed by atoms with Crippen LogP contribution >= 0.6 is 0 Å². The average molecular weight is 254 g/mol. The summed E-state index contributed by atoms with van der Waals surface area (Å²) in [6.07, 6.45) is 6.69. The van der Waals surface area contributed by atoms with Gasteiger partial charge in [-0.15, -0.1) is 0 Å². The summed E-state index contributed by atoms with van der Waals surface area (Å²) < 4.78 is 0. The highest BCUT2D eigenvalue weighted by Crippen LogP contribution is 2.51. The van der Waals surface area contributed by atoms with Gasteiger partial charge in [0.2, 0.25) is 0 Å². The number of pyridine rings is 1. The first-order valence-corrected chi connectivity index (χ1v) is 7.24. The van der Waals surface area contributed by atoms with Crippen LogP contribution in [0.3, 0.4) is 0 Å². The van der Waals surface area contributed by atoms with E-state index in [0.29, 0.717) is 5.41 Å². The summed E-state index contributed by atoms with van der Waals surface area (Å²) in [4.78, 5) is 4.34. The van der Waals surface area contributed by atoms with Crippen LogP contribution in [0.15, 0.2) is 36.7 Å². The number of hydrogen-bond acceptors (Lipinski definition) is 2. The largest absolute Gasteiger partial charge is 0.312 e. The number of nitrogens with one attached hydrogen (secondary N) is 1. The summed E-state index contributed by atoms with van der Waals surface area (Å²) in [5, 5.41) is 6.19. The summed E-state index contributed by atoms with van der Waals surface area (Å²) in [5.74, 6) is 0.783. The van der Waals surface area contributed by atoms with Crippen molar-refractivity contribution in [3.8, 4) is 0 Å². The van der Waals surface area contributed by atoms with E-state index < -0.39 is 0 Å². The van der Waals surface area contributed by atoms with E-state index in [0.717, 1.165) is 19.0 Å². The van der Waals surface area contributed by atoms with Gasteiger partial charge in [0.15, 0.2) is 0 Å².